The van der Waals surface area contributed by atoms with Gasteiger partial charge >= 0.3 is 0 Å². The van der Waals surface area contributed by atoms with Gasteiger partial charge in [-0.3, -0.25) is 0 Å². The second kappa shape index (κ2) is 10.7. The van der Waals surface area contributed by atoms with E-state index in [1.165, 1.54) is 51.4 Å². The molecule has 0 spiro atoms. The van der Waals surface area contributed by atoms with E-state index < -0.39 is 24.6 Å². The number of hydrogen-bond acceptors (Lipinski definition) is 2. The van der Waals surface area contributed by atoms with E-state index in [1.807, 2.05) is 13.8 Å². The van der Waals surface area contributed by atoms with E-state index >= 15 is 0 Å². The van der Waals surface area contributed by atoms with E-state index in [9.17, 15) is 8.78 Å². The van der Waals surface area contributed by atoms with Crippen molar-refractivity contribution in [2.45, 2.75) is 110 Å². The van der Waals surface area contributed by atoms with Gasteiger partial charge in [0, 0.05) is 13.2 Å². The Morgan fingerprint density at radius 2 is 1.39 bits per heavy atom. The van der Waals surface area contributed by atoms with Crippen LogP contribution >= 0.6 is 0 Å². The zero-order valence-electron chi connectivity index (χ0n) is 18.3. The summed E-state index contributed by atoms with van der Waals surface area (Å²) < 4.78 is 40.7. The minimum Gasteiger partial charge on any atom is -0.375 e. The average Bonchev–Trinajstić information content (AvgIpc) is 2.70. The smallest absolute Gasteiger partial charge is 0.160 e. The third kappa shape index (κ3) is 5.68. The predicted molar refractivity (Wildman–Crippen MR) is 110 cm³/mol. The van der Waals surface area contributed by atoms with Gasteiger partial charge in [0.15, 0.2) is 12.3 Å². The van der Waals surface area contributed by atoms with Gasteiger partial charge < -0.3 is 9.47 Å². The van der Waals surface area contributed by atoms with E-state index in [4.69, 9.17) is 9.47 Å². The number of halogens is 2. The van der Waals surface area contributed by atoms with Gasteiger partial charge in [-0.15, -0.1) is 0 Å². The van der Waals surface area contributed by atoms with Gasteiger partial charge in [0.2, 0.25) is 0 Å². The zero-order valence-corrected chi connectivity index (χ0v) is 18.3. The predicted octanol–water partition coefficient (Wildman–Crippen LogP) is 6.52. The molecule has 5 unspecified atom stereocenters. The quantitative estimate of drug-likeness (QED) is 0.484. The van der Waals surface area contributed by atoms with Crippen molar-refractivity contribution in [3.63, 3.8) is 0 Å². The Bertz CT molecular complexity index is 444. The summed E-state index contributed by atoms with van der Waals surface area (Å²) in [4.78, 5) is 0. The van der Waals surface area contributed by atoms with Crippen LogP contribution in [-0.4, -0.2) is 37.8 Å². The molecule has 3 aliphatic rings. The SMILES string of the molecule is CCCOC1CC(C)C(OCC2CCC(C3CCC(C)CC3)CC2)C(F)C1F. The summed E-state index contributed by atoms with van der Waals surface area (Å²) in [5, 5.41) is 0. The first kappa shape index (κ1) is 22.5. The van der Waals surface area contributed by atoms with Gasteiger partial charge in [-0.05, 0) is 81.0 Å². The monoisotopic (exact) mass is 400 g/mol. The number of hydrogen-bond donors (Lipinski definition) is 0. The van der Waals surface area contributed by atoms with E-state index in [2.05, 4.69) is 6.92 Å². The van der Waals surface area contributed by atoms with Gasteiger partial charge in [-0.25, -0.2) is 8.78 Å². The molecule has 0 aromatic carbocycles. The molecule has 0 saturated heterocycles. The molecule has 164 valence electrons. The van der Waals surface area contributed by atoms with Crippen molar-refractivity contribution >= 4 is 0 Å². The molecule has 0 radical (unpaired) electrons. The molecule has 0 amide bonds. The molecule has 28 heavy (non-hydrogen) atoms. The molecule has 4 heteroatoms. The summed E-state index contributed by atoms with van der Waals surface area (Å²) in [6.45, 7) is 7.44. The summed E-state index contributed by atoms with van der Waals surface area (Å²) in [7, 11) is 0. The first-order valence-electron chi connectivity index (χ1n) is 12.0. The molecule has 0 heterocycles. The fourth-order valence-corrected chi connectivity index (χ4v) is 5.85. The van der Waals surface area contributed by atoms with Crippen molar-refractivity contribution in [2.75, 3.05) is 13.2 Å². The minimum absolute atomic E-state index is 0.00410. The largest absolute Gasteiger partial charge is 0.375 e. The van der Waals surface area contributed by atoms with Crippen LogP contribution in [0.4, 0.5) is 8.78 Å². The first-order chi connectivity index (χ1) is 13.5. The molecule has 2 nitrogen and oxygen atoms in total. The molecule has 5 atom stereocenters. The average molecular weight is 401 g/mol. The number of ether oxygens (including phenoxy) is 2. The lowest BCUT2D eigenvalue weighted by molar-refractivity contribution is -0.145. The summed E-state index contributed by atoms with van der Waals surface area (Å²) in [5.74, 6) is 3.25. The highest BCUT2D eigenvalue weighted by Crippen LogP contribution is 2.42. The maximum Gasteiger partial charge on any atom is 0.160 e. The Morgan fingerprint density at radius 1 is 0.786 bits per heavy atom. The van der Waals surface area contributed by atoms with Crippen LogP contribution < -0.4 is 0 Å². The lowest BCUT2D eigenvalue weighted by Crippen LogP contribution is -2.51. The van der Waals surface area contributed by atoms with Crippen molar-refractivity contribution in [3.8, 4) is 0 Å². The molecule has 3 aliphatic carbocycles. The van der Waals surface area contributed by atoms with Crippen LogP contribution in [0.2, 0.25) is 0 Å². The Kier molecular flexibility index (Phi) is 8.59. The molecule has 3 rings (SSSR count). The summed E-state index contributed by atoms with van der Waals surface area (Å²) in [5.41, 5.74) is 0. The van der Waals surface area contributed by atoms with Gasteiger partial charge in [-0.2, -0.15) is 0 Å². The van der Waals surface area contributed by atoms with E-state index in [0.29, 0.717) is 25.6 Å². The van der Waals surface area contributed by atoms with Crippen LogP contribution in [-0.2, 0) is 9.47 Å². The second-order valence-electron chi connectivity index (χ2n) is 10.1. The molecule has 3 saturated carbocycles. The molecule has 0 aromatic heterocycles. The molecule has 0 aliphatic heterocycles. The lowest BCUT2D eigenvalue weighted by atomic mass is 9.69. The van der Waals surface area contributed by atoms with Crippen molar-refractivity contribution in [1.82, 2.24) is 0 Å². The van der Waals surface area contributed by atoms with Crippen LogP contribution in [0.5, 0.6) is 0 Å². The summed E-state index contributed by atoms with van der Waals surface area (Å²) in [6, 6.07) is 0. The van der Waals surface area contributed by atoms with Crippen molar-refractivity contribution in [1.29, 1.82) is 0 Å². The van der Waals surface area contributed by atoms with Crippen LogP contribution in [0.25, 0.3) is 0 Å². The standard InChI is InChI=1S/C24H42F2O2/c1-4-13-27-21-14-17(3)24(23(26)22(21)25)28-15-18-7-11-20(12-8-18)19-9-5-16(2)6-10-19/h16-24H,4-15H2,1-3H3. The van der Waals surface area contributed by atoms with Gasteiger partial charge in [0.1, 0.15) is 0 Å². The number of alkyl halides is 2. The highest BCUT2D eigenvalue weighted by atomic mass is 19.2. The third-order valence-electron chi connectivity index (χ3n) is 7.82. The van der Waals surface area contributed by atoms with Gasteiger partial charge in [0.05, 0.1) is 12.2 Å². The van der Waals surface area contributed by atoms with Crippen LogP contribution in [0.15, 0.2) is 0 Å². The first-order valence-corrected chi connectivity index (χ1v) is 12.0. The molecule has 3 fully saturated rings. The zero-order chi connectivity index (χ0) is 20.1. The lowest BCUT2D eigenvalue weighted by Gasteiger charge is -2.40. The second-order valence-corrected chi connectivity index (χ2v) is 10.1. The minimum atomic E-state index is -1.56. The third-order valence-corrected chi connectivity index (χ3v) is 7.82. The molecule has 0 aromatic rings. The van der Waals surface area contributed by atoms with Crippen molar-refractivity contribution in [2.24, 2.45) is 29.6 Å². The van der Waals surface area contributed by atoms with Crippen molar-refractivity contribution in [3.05, 3.63) is 0 Å². The topological polar surface area (TPSA) is 18.5 Å². The van der Waals surface area contributed by atoms with Crippen LogP contribution in [0.1, 0.15) is 85.0 Å². The summed E-state index contributed by atoms with van der Waals surface area (Å²) >= 11 is 0. The normalized spacial score (nSPS) is 45.1. The van der Waals surface area contributed by atoms with E-state index in [-0.39, 0.29) is 5.92 Å². The molecular weight excluding hydrogens is 358 g/mol. The molecule has 0 N–H and O–H groups in total. The maximum atomic E-state index is 14.7. The summed E-state index contributed by atoms with van der Waals surface area (Å²) in [6.07, 6.45) is 7.63. The highest BCUT2D eigenvalue weighted by Gasteiger charge is 2.45. The van der Waals surface area contributed by atoms with Gasteiger partial charge in [0.25, 0.3) is 0 Å². The Morgan fingerprint density at radius 3 is 2.00 bits per heavy atom. The molecular formula is C24H42F2O2. The van der Waals surface area contributed by atoms with Crippen LogP contribution in [0.3, 0.4) is 0 Å². The highest BCUT2D eigenvalue weighted by molar-refractivity contribution is 4.94. The fourth-order valence-electron chi connectivity index (χ4n) is 5.85. The van der Waals surface area contributed by atoms with Crippen molar-refractivity contribution < 1.29 is 18.3 Å². The van der Waals surface area contributed by atoms with Crippen LogP contribution in [0, 0.1) is 29.6 Å². The Hall–Kier alpha value is -0.220. The molecule has 0 bridgehead atoms. The Balaban J connectivity index is 1.40. The van der Waals surface area contributed by atoms with Gasteiger partial charge in [-0.1, -0.05) is 33.6 Å². The Labute approximate surface area is 171 Å². The fraction of sp³-hybridized carbons (Fsp3) is 1.00. The van der Waals surface area contributed by atoms with E-state index in [1.54, 1.807) is 0 Å². The number of rotatable bonds is 7. The maximum absolute atomic E-state index is 14.7. The van der Waals surface area contributed by atoms with E-state index in [0.717, 1.165) is 24.2 Å².